The molecule has 18 heavy (non-hydrogen) atoms. The summed E-state index contributed by atoms with van der Waals surface area (Å²) in [6.45, 7) is 6.09. The van der Waals surface area contributed by atoms with Gasteiger partial charge in [-0.2, -0.15) is 0 Å². The van der Waals surface area contributed by atoms with E-state index in [1.807, 2.05) is 13.8 Å². The van der Waals surface area contributed by atoms with Crippen molar-refractivity contribution in [3.63, 3.8) is 0 Å². The van der Waals surface area contributed by atoms with E-state index in [9.17, 15) is 9.90 Å². The van der Waals surface area contributed by atoms with E-state index in [4.69, 9.17) is 9.15 Å². The summed E-state index contributed by atoms with van der Waals surface area (Å²) in [6, 6.07) is 3.36. The molecule has 1 N–H and O–H groups in total. The van der Waals surface area contributed by atoms with Crippen molar-refractivity contribution in [2.45, 2.75) is 39.5 Å². The number of nitrogens with zero attached hydrogens (tertiary/aromatic N) is 1. The normalized spacial score (nSPS) is 12.8. The first-order valence-corrected chi connectivity index (χ1v) is 6.02. The summed E-state index contributed by atoms with van der Waals surface area (Å²) in [5, 5.41) is 9.41. The molecule has 1 amide bonds. The molecule has 1 aromatic heterocycles. The quantitative estimate of drug-likeness (QED) is 0.839. The minimum Gasteiger partial charge on any atom is -0.453 e. The smallest absolute Gasteiger partial charge is 0.289 e. The van der Waals surface area contributed by atoms with Gasteiger partial charge in [-0.1, -0.05) is 0 Å². The maximum atomic E-state index is 12.2. The second-order valence-electron chi connectivity index (χ2n) is 4.60. The topological polar surface area (TPSA) is 62.9 Å². The third-order valence-electron chi connectivity index (χ3n) is 2.50. The molecule has 5 heteroatoms. The van der Waals surface area contributed by atoms with Crippen molar-refractivity contribution in [2.75, 3.05) is 13.7 Å². The van der Waals surface area contributed by atoms with E-state index in [1.54, 1.807) is 31.1 Å². The van der Waals surface area contributed by atoms with E-state index in [0.29, 0.717) is 12.4 Å². The maximum Gasteiger partial charge on any atom is 0.289 e. The highest BCUT2D eigenvalue weighted by atomic mass is 16.5. The van der Waals surface area contributed by atoms with Crippen LogP contribution in [-0.4, -0.2) is 41.7 Å². The summed E-state index contributed by atoms with van der Waals surface area (Å²) in [6.07, 6.45) is -0.565. The number of carbonyl (C=O) groups excluding carboxylic acids is 1. The molecule has 0 bridgehead atoms. The molecule has 0 aliphatic heterocycles. The van der Waals surface area contributed by atoms with Gasteiger partial charge in [-0.05, 0) is 32.9 Å². The fraction of sp³-hybridized carbons (Fsp3) is 0.615. The molecule has 0 aliphatic carbocycles. The van der Waals surface area contributed by atoms with Gasteiger partial charge in [-0.25, -0.2) is 0 Å². The molecule has 5 nitrogen and oxygen atoms in total. The molecule has 1 rings (SSSR count). The fourth-order valence-corrected chi connectivity index (χ4v) is 1.67. The Bertz CT molecular complexity index is 384. The highest BCUT2D eigenvalue weighted by Crippen LogP contribution is 2.14. The summed E-state index contributed by atoms with van der Waals surface area (Å²) < 4.78 is 10.3. The Kier molecular flexibility index (Phi) is 5.37. The second kappa shape index (κ2) is 6.56. The van der Waals surface area contributed by atoms with Gasteiger partial charge >= 0.3 is 0 Å². The molecule has 1 aromatic rings. The lowest BCUT2D eigenvalue weighted by atomic mass is 10.2. The number of amides is 1. The molecule has 0 spiro atoms. The number of hydrogen-bond acceptors (Lipinski definition) is 4. The number of ether oxygens (including phenoxy) is 1. The Morgan fingerprint density at radius 1 is 1.44 bits per heavy atom. The molecule has 0 saturated heterocycles. The number of furan rings is 1. The number of hydrogen-bond donors (Lipinski definition) is 1. The molecule has 0 fully saturated rings. The Morgan fingerprint density at radius 3 is 2.61 bits per heavy atom. The van der Waals surface area contributed by atoms with Gasteiger partial charge in [0.2, 0.25) is 0 Å². The predicted molar refractivity (Wildman–Crippen MR) is 67.3 cm³/mol. The van der Waals surface area contributed by atoms with E-state index >= 15 is 0 Å². The van der Waals surface area contributed by atoms with Gasteiger partial charge < -0.3 is 19.2 Å². The molecule has 102 valence electrons. The van der Waals surface area contributed by atoms with Crippen LogP contribution in [0, 0.1) is 0 Å². The SMILES string of the molecule is COCc1ccc(C(=O)N(CC(C)O)C(C)C)o1. The Morgan fingerprint density at radius 2 is 2.11 bits per heavy atom. The zero-order valence-corrected chi connectivity index (χ0v) is 11.3. The molecular weight excluding hydrogens is 234 g/mol. The molecule has 1 heterocycles. The van der Waals surface area contributed by atoms with E-state index < -0.39 is 6.10 Å². The van der Waals surface area contributed by atoms with E-state index in [0.717, 1.165) is 0 Å². The largest absolute Gasteiger partial charge is 0.453 e. The van der Waals surface area contributed by atoms with Crippen molar-refractivity contribution in [3.05, 3.63) is 23.7 Å². The van der Waals surface area contributed by atoms with Crippen LogP contribution in [-0.2, 0) is 11.3 Å². The zero-order valence-electron chi connectivity index (χ0n) is 11.3. The van der Waals surface area contributed by atoms with E-state index in [1.165, 1.54) is 0 Å². The lowest BCUT2D eigenvalue weighted by molar-refractivity contribution is 0.0543. The molecule has 0 aliphatic rings. The molecule has 1 atom stereocenters. The van der Waals surface area contributed by atoms with Crippen LogP contribution in [0.5, 0.6) is 0 Å². The first-order chi connectivity index (χ1) is 8.45. The zero-order chi connectivity index (χ0) is 13.7. The molecular formula is C13H21NO4. The number of aliphatic hydroxyl groups excluding tert-OH is 1. The number of rotatable bonds is 6. The van der Waals surface area contributed by atoms with Gasteiger partial charge in [0, 0.05) is 19.7 Å². The molecule has 0 aromatic carbocycles. The average molecular weight is 255 g/mol. The lowest BCUT2D eigenvalue weighted by Crippen LogP contribution is -2.41. The Hall–Kier alpha value is -1.33. The van der Waals surface area contributed by atoms with Crippen LogP contribution in [0.25, 0.3) is 0 Å². The third kappa shape index (κ3) is 3.85. The number of carbonyl (C=O) groups is 1. The van der Waals surface area contributed by atoms with Gasteiger partial charge in [0.1, 0.15) is 12.4 Å². The van der Waals surface area contributed by atoms with Crippen LogP contribution >= 0.6 is 0 Å². The second-order valence-corrected chi connectivity index (χ2v) is 4.60. The van der Waals surface area contributed by atoms with Gasteiger partial charge in [0.05, 0.1) is 6.10 Å². The Balaban J connectivity index is 2.81. The Labute approximate surface area is 107 Å². The van der Waals surface area contributed by atoms with Crippen LogP contribution < -0.4 is 0 Å². The number of methoxy groups -OCH3 is 1. The van der Waals surface area contributed by atoms with Gasteiger partial charge in [0.15, 0.2) is 5.76 Å². The van der Waals surface area contributed by atoms with Crippen LogP contribution in [0.3, 0.4) is 0 Å². The van der Waals surface area contributed by atoms with Gasteiger partial charge in [0.25, 0.3) is 5.91 Å². The van der Waals surface area contributed by atoms with Crippen LogP contribution in [0.15, 0.2) is 16.5 Å². The fourth-order valence-electron chi connectivity index (χ4n) is 1.67. The molecule has 1 unspecified atom stereocenters. The molecule has 0 saturated carbocycles. The van der Waals surface area contributed by atoms with Crippen LogP contribution in [0.4, 0.5) is 0 Å². The van der Waals surface area contributed by atoms with Crippen LogP contribution in [0.2, 0.25) is 0 Å². The van der Waals surface area contributed by atoms with Crippen LogP contribution in [0.1, 0.15) is 37.1 Å². The maximum absolute atomic E-state index is 12.2. The standard InChI is InChI=1S/C13H21NO4/c1-9(2)14(7-10(3)15)13(16)12-6-5-11(18-12)8-17-4/h5-6,9-10,15H,7-8H2,1-4H3. The van der Waals surface area contributed by atoms with Crippen molar-refractivity contribution >= 4 is 5.91 Å². The monoisotopic (exact) mass is 255 g/mol. The average Bonchev–Trinajstić information content (AvgIpc) is 2.73. The van der Waals surface area contributed by atoms with Gasteiger partial charge in [-0.15, -0.1) is 0 Å². The summed E-state index contributed by atoms with van der Waals surface area (Å²) in [5.41, 5.74) is 0. The van der Waals surface area contributed by atoms with Crippen molar-refractivity contribution in [1.29, 1.82) is 0 Å². The minimum absolute atomic E-state index is 0.00285. The highest BCUT2D eigenvalue weighted by Gasteiger charge is 2.22. The van der Waals surface area contributed by atoms with Crippen molar-refractivity contribution in [2.24, 2.45) is 0 Å². The highest BCUT2D eigenvalue weighted by molar-refractivity contribution is 5.91. The third-order valence-corrected chi connectivity index (χ3v) is 2.50. The predicted octanol–water partition coefficient (Wildman–Crippen LogP) is 1.66. The van der Waals surface area contributed by atoms with Crippen molar-refractivity contribution in [1.82, 2.24) is 4.90 Å². The summed E-state index contributed by atoms with van der Waals surface area (Å²) in [4.78, 5) is 13.8. The lowest BCUT2D eigenvalue weighted by Gasteiger charge is -2.27. The van der Waals surface area contributed by atoms with Crippen molar-refractivity contribution < 1.29 is 19.1 Å². The first-order valence-electron chi connectivity index (χ1n) is 6.02. The number of aliphatic hydroxyl groups is 1. The summed E-state index contributed by atoms with van der Waals surface area (Å²) in [7, 11) is 1.57. The molecule has 0 radical (unpaired) electrons. The van der Waals surface area contributed by atoms with Gasteiger partial charge in [-0.3, -0.25) is 4.79 Å². The summed E-state index contributed by atoms with van der Waals surface area (Å²) >= 11 is 0. The van der Waals surface area contributed by atoms with Crippen molar-refractivity contribution in [3.8, 4) is 0 Å². The minimum atomic E-state index is -0.565. The van der Waals surface area contributed by atoms with E-state index in [2.05, 4.69) is 0 Å². The first kappa shape index (κ1) is 14.7. The summed E-state index contributed by atoms with van der Waals surface area (Å²) in [5.74, 6) is 0.672. The van der Waals surface area contributed by atoms with E-state index in [-0.39, 0.29) is 24.3 Å².